The van der Waals surface area contributed by atoms with E-state index in [-0.39, 0.29) is 6.42 Å². The number of hydrogen-bond acceptors (Lipinski definition) is 5. The van der Waals surface area contributed by atoms with Gasteiger partial charge in [-0.2, -0.15) is 0 Å². The number of nitrogens with zero attached hydrogens (tertiary/aromatic N) is 2. The molecule has 2 atom stereocenters. The average molecular weight is 575 g/mol. The number of carbonyl (C=O) groups excluding carboxylic acids is 4. The quantitative estimate of drug-likeness (QED) is 0.363. The van der Waals surface area contributed by atoms with Crippen molar-refractivity contribution >= 4 is 51.1 Å². The Balaban J connectivity index is 1.74. The van der Waals surface area contributed by atoms with Crippen LogP contribution in [0.3, 0.4) is 0 Å². The predicted octanol–water partition coefficient (Wildman–Crippen LogP) is 5.91. The molecule has 0 bridgehead atoms. The molecule has 0 saturated carbocycles. The molecule has 0 aliphatic carbocycles. The Bertz CT molecular complexity index is 1480. The molecule has 0 spiro atoms. The summed E-state index contributed by atoms with van der Waals surface area (Å²) in [5.74, 6) is -2.59. The molecular weight excluding hydrogens is 548 g/mol. The van der Waals surface area contributed by atoms with Crippen LogP contribution in [0.4, 0.5) is 16.2 Å². The lowest BCUT2D eigenvalue weighted by molar-refractivity contribution is -0.130. The van der Waals surface area contributed by atoms with Crippen LogP contribution in [0.2, 0.25) is 0 Å². The number of halogens is 1. The average Bonchev–Trinajstić information content (AvgIpc) is 3.28. The van der Waals surface area contributed by atoms with Gasteiger partial charge in [-0.25, -0.2) is 9.69 Å². The first-order valence-corrected chi connectivity index (χ1v) is 13.1. The molecular formula is C30H27BrN2O5. The Morgan fingerprint density at radius 3 is 2.34 bits per heavy atom. The highest BCUT2D eigenvalue weighted by Gasteiger charge is 2.64. The van der Waals surface area contributed by atoms with Gasteiger partial charge in [-0.1, -0.05) is 70.0 Å². The molecule has 0 radical (unpaired) electrons. The molecule has 2 aliphatic rings. The van der Waals surface area contributed by atoms with Crippen molar-refractivity contribution < 1.29 is 23.9 Å². The van der Waals surface area contributed by atoms with E-state index in [2.05, 4.69) is 15.9 Å². The van der Waals surface area contributed by atoms with E-state index < -0.39 is 40.7 Å². The third-order valence-electron chi connectivity index (χ3n) is 6.90. The molecule has 0 aromatic heterocycles. The van der Waals surface area contributed by atoms with Crippen molar-refractivity contribution in [1.82, 2.24) is 0 Å². The largest absolute Gasteiger partial charge is 0.443 e. The summed E-state index contributed by atoms with van der Waals surface area (Å²) in [7, 11) is 0. The second-order valence-corrected chi connectivity index (χ2v) is 11.5. The number of fused-ring (bicyclic) bond motifs is 1. The first kappa shape index (κ1) is 25.9. The van der Waals surface area contributed by atoms with E-state index in [4.69, 9.17) is 4.74 Å². The van der Waals surface area contributed by atoms with Crippen LogP contribution >= 0.6 is 15.9 Å². The summed E-state index contributed by atoms with van der Waals surface area (Å²) in [6.45, 7) is 7.05. The minimum atomic E-state index is -1.60. The Morgan fingerprint density at radius 2 is 1.68 bits per heavy atom. The zero-order valence-electron chi connectivity index (χ0n) is 21.5. The smallest absolute Gasteiger partial charge is 0.421 e. The Morgan fingerprint density at radius 1 is 0.974 bits per heavy atom. The molecule has 194 valence electrons. The van der Waals surface area contributed by atoms with Gasteiger partial charge in [0.05, 0.1) is 17.3 Å². The monoisotopic (exact) mass is 574 g/mol. The summed E-state index contributed by atoms with van der Waals surface area (Å²) in [6, 6.07) is 21.1. The molecule has 1 fully saturated rings. The molecule has 2 aliphatic heterocycles. The van der Waals surface area contributed by atoms with Gasteiger partial charge >= 0.3 is 6.09 Å². The van der Waals surface area contributed by atoms with Crippen LogP contribution in [0.15, 0.2) is 77.3 Å². The highest BCUT2D eigenvalue weighted by molar-refractivity contribution is 9.10. The summed E-state index contributed by atoms with van der Waals surface area (Å²) in [6.07, 6.45) is -1.02. The van der Waals surface area contributed by atoms with Crippen LogP contribution < -0.4 is 9.80 Å². The molecule has 0 N–H and O–H groups in total. The molecule has 8 heteroatoms. The summed E-state index contributed by atoms with van der Waals surface area (Å²) >= 11 is 3.40. The predicted molar refractivity (Wildman–Crippen MR) is 147 cm³/mol. The second-order valence-electron chi connectivity index (χ2n) is 10.6. The van der Waals surface area contributed by atoms with Crippen LogP contribution in [0, 0.1) is 12.8 Å². The lowest BCUT2D eigenvalue weighted by atomic mass is 9.65. The van der Waals surface area contributed by atoms with E-state index in [1.54, 1.807) is 81.4 Å². The van der Waals surface area contributed by atoms with Crippen molar-refractivity contribution in [1.29, 1.82) is 0 Å². The van der Waals surface area contributed by atoms with Gasteiger partial charge in [0.1, 0.15) is 11.0 Å². The number of hydrogen-bond donors (Lipinski definition) is 0. The van der Waals surface area contributed by atoms with Crippen molar-refractivity contribution in [2.75, 3.05) is 9.80 Å². The van der Waals surface area contributed by atoms with Crippen LogP contribution in [-0.4, -0.2) is 29.4 Å². The van der Waals surface area contributed by atoms with Crippen molar-refractivity contribution in [3.63, 3.8) is 0 Å². The zero-order valence-corrected chi connectivity index (χ0v) is 23.1. The van der Waals surface area contributed by atoms with Gasteiger partial charge in [0.25, 0.3) is 5.91 Å². The van der Waals surface area contributed by atoms with Gasteiger partial charge in [0.2, 0.25) is 11.8 Å². The molecule has 38 heavy (non-hydrogen) atoms. The number of rotatable bonds is 3. The summed E-state index contributed by atoms with van der Waals surface area (Å²) in [5.41, 5.74) is 0.193. The SMILES string of the molecule is Cc1ccc2c(c1)C(c1ccccc1)([C@@H]1CC(=O)N(c3cccc(Br)c3)C1=O)C(=O)N2C(=O)OC(C)(C)C. The van der Waals surface area contributed by atoms with Gasteiger partial charge in [-0.15, -0.1) is 0 Å². The Hall–Kier alpha value is -3.78. The van der Waals surface area contributed by atoms with Crippen LogP contribution in [0.1, 0.15) is 43.9 Å². The molecule has 3 aromatic rings. The van der Waals surface area contributed by atoms with E-state index in [1.165, 1.54) is 0 Å². The highest BCUT2D eigenvalue weighted by Crippen LogP contribution is 2.54. The summed E-state index contributed by atoms with van der Waals surface area (Å²) in [4.78, 5) is 57.7. The van der Waals surface area contributed by atoms with Crippen molar-refractivity contribution in [2.24, 2.45) is 5.92 Å². The van der Waals surface area contributed by atoms with E-state index >= 15 is 0 Å². The van der Waals surface area contributed by atoms with E-state index in [9.17, 15) is 19.2 Å². The van der Waals surface area contributed by atoms with E-state index in [0.717, 1.165) is 15.4 Å². The van der Waals surface area contributed by atoms with Crippen molar-refractivity contribution in [3.05, 3.63) is 94.0 Å². The normalized spacial score (nSPS) is 21.2. The van der Waals surface area contributed by atoms with Crippen molar-refractivity contribution in [3.8, 4) is 0 Å². The van der Waals surface area contributed by atoms with Crippen LogP contribution in [0.5, 0.6) is 0 Å². The van der Waals surface area contributed by atoms with Crippen molar-refractivity contribution in [2.45, 2.75) is 45.1 Å². The molecule has 3 aromatic carbocycles. The van der Waals surface area contributed by atoms with Gasteiger partial charge in [-0.05, 0) is 63.1 Å². The number of imide groups is 2. The number of amides is 4. The minimum absolute atomic E-state index is 0.193. The molecule has 4 amide bonds. The Labute approximate surface area is 229 Å². The third-order valence-corrected chi connectivity index (χ3v) is 7.39. The fraction of sp³-hybridized carbons (Fsp3) is 0.267. The first-order chi connectivity index (χ1) is 17.9. The molecule has 1 saturated heterocycles. The van der Waals surface area contributed by atoms with Crippen LogP contribution in [-0.2, 0) is 24.5 Å². The summed E-state index contributed by atoms with van der Waals surface area (Å²) < 4.78 is 6.33. The number of ether oxygens (including phenoxy) is 1. The maximum atomic E-state index is 14.6. The fourth-order valence-corrected chi connectivity index (χ4v) is 5.81. The minimum Gasteiger partial charge on any atom is -0.443 e. The lowest BCUT2D eigenvalue weighted by Gasteiger charge is -2.34. The fourth-order valence-electron chi connectivity index (χ4n) is 5.43. The van der Waals surface area contributed by atoms with Gasteiger partial charge < -0.3 is 4.74 Å². The summed E-state index contributed by atoms with van der Waals surface area (Å²) in [5, 5.41) is 0. The Kier molecular flexibility index (Phi) is 6.26. The number of anilines is 2. The maximum Gasteiger partial charge on any atom is 0.421 e. The topological polar surface area (TPSA) is 84.0 Å². The number of aryl methyl sites for hydroxylation is 1. The van der Waals surface area contributed by atoms with E-state index in [1.807, 2.05) is 19.1 Å². The zero-order chi connectivity index (χ0) is 27.4. The molecule has 7 nitrogen and oxygen atoms in total. The third kappa shape index (κ3) is 4.04. The molecule has 2 heterocycles. The van der Waals surface area contributed by atoms with Gasteiger partial charge in [0.15, 0.2) is 0 Å². The number of carbonyl (C=O) groups is 4. The lowest BCUT2D eigenvalue weighted by Crippen LogP contribution is -2.51. The standard InChI is InChI=1S/C30H27BrN2O5/c1-18-13-14-24-22(15-18)30(19-9-6-5-7-10-19,27(36)33(24)28(37)38-29(2,3)4)23-17-25(34)32(26(23)35)21-12-8-11-20(31)16-21/h5-16,23H,17H2,1-4H3/t23-,30?/m1/s1. The first-order valence-electron chi connectivity index (χ1n) is 12.3. The molecule has 1 unspecified atom stereocenters. The second kappa shape index (κ2) is 9.20. The van der Waals surface area contributed by atoms with Gasteiger partial charge in [-0.3, -0.25) is 19.3 Å². The van der Waals surface area contributed by atoms with E-state index in [0.29, 0.717) is 27.0 Å². The highest BCUT2D eigenvalue weighted by atomic mass is 79.9. The maximum absolute atomic E-state index is 14.6. The molecule has 5 rings (SSSR count). The van der Waals surface area contributed by atoms with Gasteiger partial charge in [0, 0.05) is 10.9 Å². The van der Waals surface area contributed by atoms with Crippen LogP contribution in [0.25, 0.3) is 0 Å². The number of benzene rings is 3.